The van der Waals surface area contributed by atoms with Crippen LogP contribution in [0.5, 0.6) is 0 Å². The van der Waals surface area contributed by atoms with Crippen LogP contribution < -0.4 is 5.32 Å². The molecule has 0 spiro atoms. The first kappa shape index (κ1) is 14.8. The first-order chi connectivity index (χ1) is 8.20. The molecule has 6 heteroatoms. The lowest BCUT2D eigenvalue weighted by atomic mass is 9.96. The number of ether oxygens (including phenoxy) is 1. The van der Waals surface area contributed by atoms with E-state index in [0.717, 1.165) is 19.3 Å². The lowest BCUT2D eigenvalue weighted by Gasteiger charge is -2.38. The van der Waals surface area contributed by atoms with Crippen molar-refractivity contribution >= 4 is 0 Å². The molecule has 4 atom stereocenters. The number of rotatable bonds is 7. The Morgan fingerprint density at radius 3 is 2.53 bits per heavy atom. The summed E-state index contributed by atoms with van der Waals surface area (Å²) in [6.07, 6.45) is -0.0257. The quantitative estimate of drug-likeness (QED) is 0.342. The molecule has 0 aromatic carbocycles. The fraction of sp³-hybridized carbons (Fsp3) is 1.00. The van der Waals surface area contributed by atoms with Gasteiger partial charge in [0.25, 0.3) is 0 Å². The summed E-state index contributed by atoms with van der Waals surface area (Å²) in [7, 11) is 0. The molecular formula is C11H23NO5. The first-order valence-electron chi connectivity index (χ1n) is 6.13. The molecule has 0 aromatic rings. The molecule has 0 aliphatic carbocycles. The number of hydrogen-bond acceptors (Lipinski definition) is 6. The monoisotopic (exact) mass is 249 g/mol. The molecule has 0 radical (unpaired) electrons. The van der Waals surface area contributed by atoms with E-state index in [4.69, 9.17) is 14.9 Å². The minimum atomic E-state index is -0.966. The van der Waals surface area contributed by atoms with Gasteiger partial charge in [0.1, 0.15) is 12.2 Å². The van der Waals surface area contributed by atoms with Crippen molar-refractivity contribution in [3.63, 3.8) is 0 Å². The van der Waals surface area contributed by atoms with Crippen LogP contribution in [0.1, 0.15) is 19.3 Å². The molecule has 6 nitrogen and oxygen atoms in total. The van der Waals surface area contributed by atoms with E-state index in [1.165, 1.54) is 0 Å². The number of nitrogens with one attached hydrogen (secondary N) is 1. The summed E-state index contributed by atoms with van der Waals surface area (Å²) in [4.78, 5) is 0. The highest BCUT2D eigenvalue weighted by molar-refractivity contribution is 4.92. The third kappa shape index (κ3) is 4.50. The lowest BCUT2D eigenvalue weighted by molar-refractivity contribution is -0.129. The van der Waals surface area contributed by atoms with E-state index in [2.05, 4.69) is 5.32 Å². The molecule has 17 heavy (non-hydrogen) atoms. The van der Waals surface area contributed by atoms with Gasteiger partial charge in [-0.05, 0) is 19.3 Å². The molecule has 1 aliphatic rings. The minimum absolute atomic E-state index is 0.134. The molecule has 0 amide bonds. The Kier molecular flexibility index (Phi) is 6.94. The second-order valence-electron chi connectivity index (χ2n) is 4.37. The Labute approximate surface area is 101 Å². The molecule has 0 saturated carbocycles. The minimum Gasteiger partial charge on any atom is -0.396 e. The average molecular weight is 249 g/mol. The Balaban J connectivity index is 2.30. The number of aliphatic hydroxyl groups is 4. The van der Waals surface area contributed by atoms with Gasteiger partial charge in [0.2, 0.25) is 0 Å². The Bertz CT molecular complexity index is 202. The van der Waals surface area contributed by atoms with Gasteiger partial charge in [0.15, 0.2) is 0 Å². The van der Waals surface area contributed by atoms with Crippen LogP contribution in [0.15, 0.2) is 0 Å². The summed E-state index contributed by atoms with van der Waals surface area (Å²) in [5.74, 6) is 0. The summed E-state index contributed by atoms with van der Waals surface area (Å²) >= 11 is 0. The van der Waals surface area contributed by atoms with Gasteiger partial charge in [-0.15, -0.1) is 0 Å². The van der Waals surface area contributed by atoms with Crippen LogP contribution in [-0.4, -0.2) is 71.1 Å². The lowest BCUT2D eigenvalue weighted by Crippen LogP contribution is -2.61. The van der Waals surface area contributed by atoms with Crippen LogP contribution in [-0.2, 0) is 4.74 Å². The van der Waals surface area contributed by atoms with E-state index in [-0.39, 0.29) is 25.8 Å². The third-order valence-electron chi connectivity index (χ3n) is 3.03. The Morgan fingerprint density at radius 1 is 1.12 bits per heavy atom. The highest BCUT2D eigenvalue weighted by Crippen LogP contribution is 2.15. The molecule has 102 valence electrons. The van der Waals surface area contributed by atoms with Crippen molar-refractivity contribution in [1.82, 2.24) is 5.32 Å². The zero-order chi connectivity index (χ0) is 12.7. The molecule has 1 fully saturated rings. The number of aliphatic hydroxyl groups excluding tert-OH is 4. The van der Waals surface area contributed by atoms with Gasteiger partial charge in [-0.1, -0.05) is 0 Å². The zero-order valence-electron chi connectivity index (χ0n) is 9.96. The topological polar surface area (TPSA) is 102 Å². The molecule has 0 aromatic heterocycles. The molecule has 1 heterocycles. The molecule has 1 saturated heterocycles. The van der Waals surface area contributed by atoms with E-state index in [0.29, 0.717) is 6.61 Å². The van der Waals surface area contributed by atoms with E-state index in [1.807, 2.05) is 0 Å². The van der Waals surface area contributed by atoms with Gasteiger partial charge >= 0.3 is 0 Å². The molecule has 1 rings (SSSR count). The highest BCUT2D eigenvalue weighted by Gasteiger charge is 2.37. The van der Waals surface area contributed by atoms with Gasteiger partial charge in [-0.25, -0.2) is 0 Å². The molecule has 5 N–H and O–H groups in total. The number of unbranched alkanes of at least 4 members (excludes halogenated alkanes) is 2. The maximum Gasteiger partial charge on any atom is 0.109 e. The maximum atomic E-state index is 9.78. The van der Waals surface area contributed by atoms with Gasteiger partial charge in [-0.3, -0.25) is 0 Å². The fourth-order valence-corrected chi connectivity index (χ4v) is 1.96. The van der Waals surface area contributed by atoms with Crippen LogP contribution >= 0.6 is 0 Å². The van der Waals surface area contributed by atoms with Gasteiger partial charge in [0, 0.05) is 19.8 Å². The largest absolute Gasteiger partial charge is 0.396 e. The van der Waals surface area contributed by atoms with E-state index < -0.39 is 18.3 Å². The van der Waals surface area contributed by atoms with Crippen LogP contribution in [0, 0.1) is 0 Å². The summed E-state index contributed by atoms with van der Waals surface area (Å²) in [5.41, 5.74) is 0. The van der Waals surface area contributed by atoms with Crippen LogP contribution in [0.2, 0.25) is 0 Å². The van der Waals surface area contributed by atoms with Crippen molar-refractivity contribution in [2.24, 2.45) is 0 Å². The van der Waals surface area contributed by atoms with E-state index in [1.54, 1.807) is 0 Å². The van der Waals surface area contributed by atoms with Crippen molar-refractivity contribution in [3.8, 4) is 0 Å². The van der Waals surface area contributed by atoms with Crippen molar-refractivity contribution in [3.05, 3.63) is 0 Å². The van der Waals surface area contributed by atoms with Gasteiger partial charge in [-0.2, -0.15) is 0 Å². The summed E-state index contributed by atoms with van der Waals surface area (Å²) < 4.78 is 5.50. The number of piperidine rings is 1. The molecular weight excluding hydrogens is 226 g/mol. The smallest absolute Gasteiger partial charge is 0.109 e. The maximum absolute atomic E-state index is 9.78. The van der Waals surface area contributed by atoms with Crippen molar-refractivity contribution < 1.29 is 25.2 Å². The normalized spacial score (nSPS) is 33.9. The van der Waals surface area contributed by atoms with Gasteiger partial charge < -0.3 is 30.5 Å². The zero-order valence-corrected chi connectivity index (χ0v) is 9.96. The Hall–Kier alpha value is -0.240. The molecule has 0 bridgehead atoms. The predicted molar refractivity (Wildman–Crippen MR) is 61.6 cm³/mol. The predicted octanol–water partition coefficient (Wildman–Crippen LogP) is -1.78. The van der Waals surface area contributed by atoms with E-state index >= 15 is 0 Å². The second kappa shape index (κ2) is 7.97. The van der Waals surface area contributed by atoms with Gasteiger partial charge in [0.05, 0.1) is 18.8 Å². The SMILES string of the molecule is OCCCCCO[C@H]1[C@H](O)[C@@H](O)CN[C@@H]1CO. The van der Waals surface area contributed by atoms with Crippen molar-refractivity contribution in [2.45, 2.75) is 43.6 Å². The number of β-amino-alcohol motifs (C(OH)–C–C–N with tert-alkyl or cyclic N) is 1. The van der Waals surface area contributed by atoms with Crippen LogP contribution in [0.25, 0.3) is 0 Å². The van der Waals surface area contributed by atoms with Crippen molar-refractivity contribution in [1.29, 1.82) is 0 Å². The first-order valence-corrected chi connectivity index (χ1v) is 6.13. The van der Waals surface area contributed by atoms with Crippen molar-refractivity contribution in [2.75, 3.05) is 26.4 Å². The Morgan fingerprint density at radius 2 is 1.88 bits per heavy atom. The highest BCUT2D eigenvalue weighted by atomic mass is 16.5. The van der Waals surface area contributed by atoms with Crippen LogP contribution in [0.3, 0.4) is 0 Å². The molecule has 1 aliphatic heterocycles. The third-order valence-corrected chi connectivity index (χ3v) is 3.03. The summed E-state index contributed by atoms with van der Waals surface area (Å²) in [6, 6.07) is -0.341. The standard InChI is InChI=1S/C11H23NO5/c13-4-2-1-3-5-17-11-8(7-14)12-6-9(15)10(11)16/h8-16H,1-7H2/t8-,9+,10-,11-/m1/s1. The summed E-state index contributed by atoms with van der Waals surface area (Å²) in [5, 5.41) is 39.9. The number of hydrogen-bond donors (Lipinski definition) is 5. The summed E-state index contributed by atoms with van der Waals surface area (Å²) in [6.45, 7) is 0.750. The van der Waals surface area contributed by atoms with E-state index in [9.17, 15) is 10.2 Å². The second-order valence-corrected chi connectivity index (χ2v) is 4.37. The fourth-order valence-electron chi connectivity index (χ4n) is 1.96. The average Bonchev–Trinajstić information content (AvgIpc) is 2.34. The molecule has 0 unspecified atom stereocenters. The van der Waals surface area contributed by atoms with Crippen LogP contribution in [0.4, 0.5) is 0 Å².